The molecule has 0 unspecified atom stereocenters. The molecule has 1 radical (unpaired) electrons. The molecule has 0 N–H and O–H groups in total. The van der Waals surface area contributed by atoms with E-state index in [2.05, 4.69) is 41.6 Å². The van der Waals surface area contributed by atoms with Gasteiger partial charge in [0.15, 0.2) is 11.6 Å². The Morgan fingerprint density at radius 1 is 0.871 bits per heavy atom. The molecule has 0 fully saturated rings. The predicted molar refractivity (Wildman–Crippen MR) is 121 cm³/mol. The summed E-state index contributed by atoms with van der Waals surface area (Å²) in [5.41, 5.74) is 4.99. The number of aromatic nitrogens is 1. The number of hydrogen-bond acceptors (Lipinski definition) is 0. The summed E-state index contributed by atoms with van der Waals surface area (Å²) in [5, 5.41) is 1.11. The van der Waals surface area contributed by atoms with Crippen LogP contribution in [-0.4, -0.2) is 4.57 Å². The molecule has 1 aromatic heterocycles. The first kappa shape index (κ1) is 25.2. The number of benzene rings is 3. The molecule has 0 aliphatic rings. The summed E-state index contributed by atoms with van der Waals surface area (Å²) in [4.78, 5) is 0. The van der Waals surface area contributed by atoms with E-state index in [-0.39, 0.29) is 32.7 Å². The number of rotatable bonds is 6. The fourth-order valence-corrected chi connectivity index (χ4v) is 3.45. The normalized spacial score (nSPS) is 10.2. The third-order valence-corrected chi connectivity index (χ3v) is 4.95. The molecular formula is C27H26F2NY-. The van der Waals surface area contributed by atoms with Crippen molar-refractivity contribution < 1.29 is 41.5 Å². The molecule has 0 saturated heterocycles. The maximum Gasteiger partial charge on any atom is 0.159 e. The van der Waals surface area contributed by atoms with Gasteiger partial charge in [0.05, 0.1) is 0 Å². The zero-order chi connectivity index (χ0) is 21.5. The minimum Gasteiger partial charge on any atom is -0.429 e. The average molecular weight is 491 g/mol. The van der Waals surface area contributed by atoms with Crippen LogP contribution >= 0.6 is 0 Å². The fraction of sp³-hybridized carbons (Fsp3) is 0.185. The van der Waals surface area contributed by atoms with Crippen LogP contribution in [-0.2, 0) is 45.7 Å². The third-order valence-electron chi connectivity index (χ3n) is 4.95. The first-order valence-electron chi connectivity index (χ1n) is 10.3. The fourth-order valence-electron chi connectivity index (χ4n) is 3.45. The zero-order valence-electron chi connectivity index (χ0n) is 18.0. The molecule has 4 aromatic rings. The standard InChI is InChI=1S/C25H20F2N.C2H6.Y/c1-18(11-12-19-13-14-23(26)24(27)15-19)22-17-28(16-20-7-3-2-4-8-20)25-10-6-5-9-21(22)25;1-2;/h2-10,13-15H,1,11-12,16H2;1-2H3;/q-1;;. The van der Waals surface area contributed by atoms with E-state index in [1.54, 1.807) is 6.07 Å². The van der Waals surface area contributed by atoms with Crippen LogP contribution < -0.4 is 0 Å². The van der Waals surface area contributed by atoms with Gasteiger partial charge in [0.2, 0.25) is 0 Å². The quantitative estimate of drug-likeness (QED) is 0.247. The minimum atomic E-state index is -0.820. The van der Waals surface area contributed by atoms with Gasteiger partial charge in [-0.1, -0.05) is 86.6 Å². The second-order valence-corrected chi connectivity index (χ2v) is 6.93. The second kappa shape index (κ2) is 12.1. The van der Waals surface area contributed by atoms with Crippen molar-refractivity contribution >= 4 is 16.5 Å². The van der Waals surface area contributed by atoms with Gasteiger partial charge in [-0.3, -0.25) is 0 Å². The van der Waals surface area contributed by atoms with Crippen LogP contribution in [0.2, 0.25) is 0 Å². The van der Waals surface area contributed by atoms with Crippen LogP contribution in [0.1, 0.15) is 37.0 Å². The van der Waals surface area contributed by atoms with Crippen molar-refractivity contribution in [1.82, 2.24) is 4.57 Å². The van der Waals surface area contributed by atoms with E-state index < -0.39 is 11.6 Å². The molecule has 0 aliphatic carbocycles. The monoisotopic (exact) mass is 491 g/mol. The van der Waals surface area contributed by atoms with Crippen molar-refractivity contribution in [1.29, 1.82) is 0 Å². The van der Waals surface area contributed by atoms with Crippen molar-refractivity contribution in [3.05, 3.63) is 114 Å². The van der Waals surface area contributed by atoms with E-state index in [4.69, 9.17) is 0 Å². The largest absolute Gasteiger partial charge is 0.429 e. The molecule has 0 aliphatic heterocycles. The molecule has 157 valence electrons. The molecule has 0 bridgehead atoms. The van der Waals surface area contributed by atoms with Crippen molar-refractivity contribution in [3.63, 3.8) is 0 Å². The molecule has 1 nitrogen and oxygen atoms in total. The number of allylic oxidation sites excluding steroid dienone is 1. The van der Waals surface area contributed by atoms with E-state index in [0.29, 0.717) is 12.8 Å². The predicted octanol–water partition coefficient (Wildman–Crippen LogP) is 7.44. The topological polar surface area (TPSA) is 4.93 Å². The Hall–Kier alpha value is -2.10. The van der Waals surface area contributed by atoms with Crippen LogP contribution in [0.4, 0.5) is 8.78 Å². The van der Waals surface area contributed by atoms with Gasteiger partial charge in [-0.25, -0.2) is 8.78 Å². The Morgan fingerprint density at radius 2 is 1.55 bits per heavy atom. The molecule has 4 heteroatoms. The summed E-state index contributed by atoms with van der Waals surface area (Å²) in [6, 6.07) is 22.5. The molecule has 31 heavy (non-hydrogen) atoms. The molecular weight excluding hydrogens is 465 g/mol. The Kier molecular flexibility index (Phi) is 9.80. The number of nitrogens with zero attached hydrogens (tertiary/aromatic N) is 1. The molecule has 4 rings (SSSR count). The van der Waals surface area contributed by atoms with Gasteiger partial charge in [-0.15, -0.1) is 29.2 Å². The Labute approximate surface area is 208 Å². The van der Waals surface area contributed by atoms with E-state index in [1.165, 1.54) is 17.7 Å². The van der Waals surface area contributed by atoms with Crippen LogP contribution in [0, 0.1) is 17.8 Å². The summed E-state index contributed by atoms with van der Waals surface area (Å²) in [6.45, 7) is 8.97. The number of para-hydroxylation sites is 1. The van der Waals surface area contributed by atoms with Gasteiger partial charge in [-0.2, -0.15) is 0 Å². The Bertz CT molecular complexity index is 1130. The van der Waals surface area contributed by atoms with Crippen LogP contribution in [0.25, 0.3) is 16.5 Å². The van der Waals surface area contributed by atoms with Gasteiger partial charge in [0, 0.05) is 39.3 Å². The summed E-state index contributed by atoms with van der Waals surface area (Å²) in [5.74, 6) is -1.63. The summed E-state index contributed by atoms with van der Waals surface area (Å²) >= 11 is 0. The molecule has 1 heterocycles. The van der Waals surface area contributed by atoms with Crippen LogP contribution in [0.3, 0.4) is 0 Å². The number of halogens is 2. The van der Waals surface area contributed by atoms with Gasteiger partial charge in [0.25, 0.3) is 0 Å². The van der Waals surface area contributed by atoms with Crippen molar-refractivity contribution in [2.45, 2.75) is 33.2 Å². The molecule has 0 amide bonds. The second-order valence-electron chi connectivity index (χ2n) is 6.93. The maximum absolute atomic E-state index is 13.4. The molecule has 0 atom stereocenters. The smallest absolute Gasteiger partial charge is 0.159 e. The average Bonchev–Trinajstić information content (AvgIpc) is 3.15. The zero-order valence-corrected chi connectivity index (χ0v) is 20.9. The number of hydrogen-bond donors (Lipinski definition) is 0. The number of aryl methyl sites for hydroxylation is 1. The molecule has 3 aromatic carbocycles. The van der Waals surface area contributed by atoms with Crippen LogP contribution in [0.5, 0.6) is 0 Å². The van der Waals surface area contributed by atoms with Gasteiger partial charge < -0.3 is 4.57 Å². The molecule has 0 saturated carbocycles. The summed E-state index contributed by atoms with van der Waals surface area (Å²) in [7, 11) is 0. The van der Waals surface area contributed by atoms with Gasteiger partial charge in [0.1, 0.15) is 0 Å². The summed E-state index contributed by atoms with van der Waals surface area (Å²) in [6.07, 6.45) is 4.73. The van der Waals surface area contributed by atoms with Crippen molar-refractivity contribution in [2.75, 3.05) is 0 Å². The van der Waals surface area contributed by atoms with Crippen molar-refractivity contribution in [2.24, 2.45) is 0 Å². The third kappa shape index (κ3) is 6.21. The number of fused-ring (bicyclic) bond motifs is 1. The van der Waals surface area contributed by atoms with E-state index >= 15 is 0 Å². The maximum atomic E-state index is 13.4. The van der Waals surface area contributed by atoms with Crippen LogP contribution in [0.15, 0.2) is 79.4 Å². The minimum absolute atomic E-state index is 0. The van der Waals surface area contributed by atoms with E-state index in [1.807, 2.05) is 44.2 Å². The van der Waals surface area contributed by atoms with Gasteiger partial charge in [-0.05, 0) is 29.7 Å². The van der Waals surface area contributed by atoms with E-state index in [9.17, 15) is 8.78 Å². The Morgan fingerprint density at radius 3 is 2.26 bits per heavy atom. The molecule has 0 spiro atoms. The first-order chi connectivity index (χ1) is 14.6. The van der Waals surface area contributed by atoms with Gasteiger partial charge >= 0.3 is 0 Å². The first-order valence-corrected chi connectivity index (χ1v) is 10.3. The van der Waals surface area contributed by atoms with E-state index in [0.717, 1.165) is 34.1 Å². The Balaban J connectivity index is 0.00000111. The van der Waals surface area contributed by atoms with Crippen molar-refractivity contribution in [3.8, 4) is 0 Å². The summed E-state index contributed by atoms with van der Waals surface area (Å²) < 4.78 is 28.7. The SMILES string of the molecule is C=C(CCc1ccc(F)c(F)c1)c1[c-]n(Cc2ccccc2)c2ccccc12.CC.[Y].